The van der Waals surface area contributed by atoms with Gasteiger partial charge in [-0.1, -0.05) is 26.0 Å². The number of methoxy groups -OCH3 is 1. The predicted molar refractivity (Wildman–Crippen MR) is 76.8 cm³/mol. The van der Waals surface area contributed by atoms with Gasteiger partial charge in [-0.25, -0.2) is 0 Å². The molecule has 1 aromatic carbocycles. The lowest BCUT2D eigenvalue weighted by atomic mass is 9.94. The van der Waals surface area contributed by atoms with Gasteiger partial charge in [0, 0.05) is 17.9 Å². The van der Waals surface area contributed by atoms with E-state index < -0.39 is 0 Å². The lowest BCUT2D eigenvalue weighted by molar-refractivity contribution is -0.134. The second kappa shape index (κ2) is 6.98. The Bertz CT molecular complexity index is 463. The summed E-state index contributed by atoms with van der Waals surface area (Å²) in [4.78, 5) is 11.6. The molecule has 0 aliphatic heterocycles. The first kappa shape index (κ1) is 15.3. The number of hydrogen-bond donors (Lipinski definition) is 0. The molecule has 0 heterocycles. The van der Waals surface area contributed by atoms with Gasteiger partial charge in [0.2, 0.25) is 0 Å². The predicted octanol–water partition coefficient (Wildman–Crippen LogP) is 4.08. The van der Waals surface area contributed by atoms with Crippen molar-refractivity contribution in [1.82, 2.24) is 0 Å². The molecular formula is C16H22O3. The average molecular weight is 262 g/mol. The molecule has 1 rings (SSSR count). The van der Waals surface area contributed by atoms with Crippen molar-refractivity contribution in [2.24, 2.45) is 0 Å². The summed E-state index contributed by atoms with van der Waals surface area (Å²) in [6.07, 6.45) is 1.20. The Balaban J connectivity index is 3.08. The maximum Gasteiger partial charge on any atom is 0.311 e. The van der Waals surface area contributed by atoms with Gasteiger partial charge in [0.25, 0.3) is 0 Å². The molecule has 0 spiro atoms. The Morgan fingerprint density at radius 3 is 2.63 bits per heavy atom. The number of rotatable bonds is 6. The minimum atomic E-state index is -0.206. The van der Waals surface area contributed by atoms with E-state index in [9.17, 15) is 4.79 Å². The lowest BCUT2D eigenvalue weighted by Crippen LogP contribution is -2.10. The number of hydrogen-bond acceptors (Lipinski definition) is 3. The summed E-state index contributed by atoms with van der Waals surface area (Å²) >= 11 is 0. The van der Waals surface area contributed by atoms with Gasteiger partial charge in [-0.2, -0.15) is 0 Å². The molecule has 0 aliphatic carbocycles. The summed E-state index contributed by atoms with van der Waals surface area (Å²) in [5, 5.41) is 0. The first-order valence-corrected chi connectivity index (χ1v) is 6.53. The molecule has 1 atom stereocenters. The SMILES string of the molecule is C=C(C)C(C)c1cc(OC)ccc1OC(=O)CCC. The van der Waals surface area contributed by atoms with Crippen LogP contribution in [0.2, 0.25) is 0 Å². The van der Waals surface area contributed by atoms with E-state index in [-0.39, 0.29) is 11.9 Å². The molecule has 0 aromatic heterocycles. The van der Waals surface area contributed by atoms with Crippen LogP contribution < -0.4 is 9.47 Å². The fourth-order valence-corrected chi connectivity index (χ4v) is 1.73. The van der Waals surface area contributed by atoms with Crippen molar-refractivity contribution in [3.8, 4) is 11.5 Å². The van der Waals surface area contributed by atoms with Crippen LogP contribution >= 0.6 is 0 Å². The molecule has 3 heteroatoms. The van der Waals surface area contributed by atoms with Gasteiger partial charge in [-0.15, -0.1) is 0 Å². The highest BCUT2D eigenvalue weighted by Gasteiger charge is 2.16. The Hall–Kier alpha value is -1.77. The average Bonchev–Trinajstić information content (AvgIpc) is 2.38. The Kier molecular flexibility index (Phi) is 5.61. The van der Waals surface area contributed by atoms with Crippen molar-refractivity contribution in [3.05, 3.63) is 35.9 Å². The Morgan fingerprint density at radius 1 is 1.42 bits per heavy atom. The number of allylic oxidation sites excluding steroid dienone is 1. The van der Waals surface area contributed by atoms with Crippen LogP contribution in [0.15, 0.2) is 30.4 Å². The number of esters is 1. The maximum atomic E-state index is 11.6. The highest BCUT2D eigenvalue weighted by atomic mass is 16.5. The van der Waals surface area contributed by atoms with Crippen LogP contribution in [0, 0.1) is 0 Å². The number of carbonyl (C=O) groups excluding carboxylic acids is 1. The quantitative estimate of drug-likeness (QED) is 0.440. The molecule has 0 saturated heterocycles. The van der Waals surface area contributed by atoms with E-state index in [1.54, 1.807) is 19.2 Å². The van der Waals surface area contributed by atoms with Crippen LogP contribution in [-0.2, 0) is 4.79 Å². The van der Waals surface area contributed by atoms with E-state index in [4.69, 9.17) is 9.47 Å². The Morgan fingerprint density at radius 2 is 2.11 bits per heavy atom. The van der Waals surface area contributed by atoms with Crippen LogP contribution in [0.3, 0.4) is 0 Å². The minimum Gasteiger partial charge on any atom is -0.497 e. The summed E-state index contributed by atoms with van der Waals surface area (Å²) in [6.45, 7) is 9.91. The fourth-order valence-electron chi connectivity index (χ4n) is 1.73. The summed E-state index contributed by atoms with van der Waals surface area (Å²) in [5.41, 5.74) is 1.94. The monoisotopic (exact) mass is 262 g/mol. The van der Waals surface area contributed by atoms with E-state index in [0.29, 0.717) is 12.2 Å². The van der Waals surface area contributed by atoms with Crippen LogP contribution in [0.5, 0.6) is 11.5 Å². The molecule has 0 aliphatic rings. The first-order chi connectivity index (χ1) is 8.99. The normalized spacial score (nSPS) is 11.8. The molecule has 0 bridgehead atoms. The molecular weight excluding hydrogens is 240 g/mol. The van der Waals surface area contributed by atoms with Crippen molar-refractivity contribution in [2.75, 3.05) is 7.11 Å². The highest BCUT2D eigenvalue weighted by Crippen LogP contribution is 2.34. The van der Waals surface area contributed by atoms with Gasteiger partial charge in [0.15, 0.2) is 0 Å². The summed E-state index contributed by atoms with van der Waals surface area (Å²) in [6, 6.07) is 5.47. The standard InChI is InChI=1S/C16H22O3/c1-6-7-16(17)19-15-9-8-13(18-5)10-14(15)12(4)11(2)3/h8-10,12H,2,6-7H2,1,3-5H3. The second-order valence-electron chi connectivity index (χ2n) is 4.70. The van der Waals surface area contributed by atoms with Gasteiger partial charge in [-0.3, -0.25) is 4.79 Å². The molecule has 0 radical (unpaired) electrons. The zero-order valence-electron chi connectivity index (χ0n) is 12.2. The maximum absolute atomic E-state index is 11.6. The van der Waals surface area contributed by atoms with Crippen LogP contribution in [0.4, 0.5) is 0 Å². The van der Waals surface area contributed by atoms with Crippen molar-refractivity contribution in [2.45, 2.75) is 39.5 Å². The fraction of sp³-hybridized carbons (Fsp3) is 0.438. The van der Waals surface area contributed by atoms with Crippen molar-refractivity contribution in [1.29, 1.82) is 0 Å². The van der Waals surface area contributed by atoms with E-state index in [2.05, 4.69) is 6.58 Å². The lowest BCUT2D eigenvalue weighted by Gasteiger charge is -2.17. The van der Waals surface area contributed by atoms with E-state index >= 15 is 0 Å². The van der Waals surface area contributed by atoms with Gasteiger partial charge < -0.3 is 9.47 Å². The van der Waals surface area contributed by atoms with E-state index in [1.165, 1.54) is 0 Å². The number of carbonyl (C=O) groups is 1. The summed E-state index contributed by atoms with van der Waals surface area (Å²) in [5.74, 6) is 1.25. The van der Waals surface area contributed by atoms with Gasteiger partial charge in [-0.05, 0) is 31.5 Å². The largest absolute Gasteiger partial charge is 0.497 e. The molecule has 0 N–H and O–H groups in total. The molecule has 1 unspecified atom stereocenters. The third kappa shape index (κ3) is 4.12. The highest BCUT2D eigenvalue weighted by molar-refractivity contribution is 5.73. The zero-order chi connectivity index (χ0) is 14.4. The van der Waals surface area contributed by atoms with E-state index in [0.717, 1.165) is 23.3 Å². The molecule has 19 heavy (non-hydrogen) atoms. The van der Waals surface area contributed by atoms with Crippen molar-refractivity contribution >= 4 is 5.97 Å². The molecule has 104 valence electrons. The van der Waals surface area contributed by atoms with Gasteiger partial charge in [0.1, 0.15) is 11.5 Å². The first-order valence-electron chi connectivity index (χ1n) is 6.53. The second-order valence-corrected chi connectivity index (χ2v) is 4.70. The Labute approximate surface area is 115 Å². The molecule has 1 aromatic rings. The van der Waals surface area contributed by atoms with Crippen molar-refractivity contribution in [3.63, 3.8) is 0 Å². The van der Waals surface area contributed by atoms with Gasteiger partial charge >= 0.3 is 5.97 Å². The minimum absolute atomic E-state index is 0.111. The molecule has 0 amide bonds. The smallest absolute Gasteiger partial charge is 0.311 e. The molecule has 0 saturated carbocycles. The summed E-state index contributed by atoms with van der Waals surface area (Å²) in [7, 11) is 1.62. The van der Waals surface area contributed by atoms with Crippen LogP contribution in [0.1, 0.15) is 45.1 Å². The van der Waals surface area contributed by atoms with E-state index in [1.807, 2.05) is 26.8 Å². The van der Waals surface area contributed by atoms with Crippen LogP contribution in [-0.4, -0.2) is 13.1 Å². The zero-order valence-corrected chi connectivity index (χ0v) is 12.2. The number of benzene rings is 1. The third-order valence-corrected chi connectivity index (χ3v) is 3.10. The number of ether oxygens (including phenoxy) is 2. The topological polar surface area (TPSA) is 35.5 Å². The van der Waals surface area contributed by atoms with Crippen LogP contribution in [0.25, 0.3) is 0 Å². The molecule has 3 nitrogen and oxygen atoms in total. The summed E-state index contributed by atoms with van der Waals surface area (Å²) < 4.78 is 10.6. The van der Waals surface area contributed by atoms with Crippen molar-refractivity contribution < 1.29 is 14.3 Å². The molecule has 0 fully saturated rings. The third-order valence-electron chi connectivity index (χ3n) is 3.10. The van der Waals surface area contributed by atoms with Gasteiger partial charge in [0.05, 0.1) is 7.11 Å².